The van der Waals surface area contributed by atoms with Crippen LogP contribution < -0.4 is 4.74 Å². The van der Waals surface area contributed by atoms with Crippen LogP contribution in [0.25, 0.3) is 11.0 Å². The van der Waals surface area contributed by atoms with Gasteiger partial charge in [-0.2, -0.15) is 5.10 Å². The molecule has 0 radical (unpaired) electrons. The molecular weight excluding hydrogens is 402 g/mol. The highest BCUT2D eigenvalue weighted by atomic mass is 16.5. The number of rotatable bonds is 7. The third kappa shape index (κ3) is 4.78. The molecular formula is C25H33N5O2. The average molecular weight is 436 g/mol. The number of para-hydroxylation sites is 1. The average Bonchev–Trinajstić information content (AvgIpc) is 3.23. The van der Waals surface area contributed by atoms with Crippen LogP contribution in [-0.4, -0.2) is 69.8 Å². The van der Waals surface area contributed by atoms with E-state index in [1.807, 2.05) is 46.0 Å². The molecule has 7 heteroatoms. The number of aromatic nitrogens is 3. The molecule has 1 aliphatic rings. The molecule has 0 atom stereocenters. The third-order valence-corrected chi connectivity index (χ3v) is 5.98. The SMILES string of the molecule is CC(C)c1cc(C(=O)N2CCN(CCOc3ccccc3)CC2)c2cnn(C(C)C)c2n1. The zero-order valence-electron chi connectivity index (χ0n) is 19.5. The third-order valence-electron chi connectivity index (χ3n) is 5.98. The number of amides is 1. The van der Waals surface area contributed by atoms with Gasteiger partial charge in [0.2, 0.25) is 0 Å². The Hall–Kier alpha value is -2.93. The Balaban J connectivity index is 1.42. The van der Waals surface area contributed by atoms with Crippen LogP contribution >= 0.6 is 0 Å². The highest BCUT2D eigenvalue weighted by Gasteiger charge is 2.26. The molecule has 0 N–H and O–H groups in total. The van der Waals surface area contributed by atoms with Gasteiger partial charge in [0.25, 0.3) is 5.91 Å². The second kappa shape index (κ2) is 9.69. The maximum Gasteiger partial charge on any atom is 0.254 e. The molecule has 170 valence electrons. The van der Waals surface area contributed by atoms with Crippen molar-refractivity contribution in [2.45, 2.75) is 39.7 Å². The quantitative estimate of drug-likeness (QED) is 0.562. The molecule has 3 aromatic rings. The molecule has 0 bridgehead atoms. The fraction of sp³-hybridized carbons (Fsp3) is 0.480. The van der Waals surface area contributed by atoms with Crippen molar-refractivity contribution < 1.29 is 9.53 Å². The first-order valence-corrected chi connectivity index (χ1v) is 11.5. The van der Waals surface area contributed by atoms with Gasteiger partial charge in [0.15, 0.2) is 5.65 Å². The van der Waals surface area contributed by atoms with Crippen molar-refractivity contribution in [1.29, 1.82) is 0 Å². The molecule has 1 aromatic carbocycles. The minimum absolute atomic E-state index is 0.0720. The molecule has 2 aromatic heterocycles. The van der Waals surface area contributed by atoms with Gasteiger partial charge < -0.3 is 9.64 Å². The predicted octanol–water partition coefficient (Wildman–Crippen LogP) is 3.97. The summed E-state index contributed by atoms with van der Waals surface area (Å²) in [4.78, 5) is 22.6. The molecule has 32 heavy (non-hydrogen) atoms. The molecule has 7 nitrogen and oxygen atoms in total. The summed E-state index contributed by atoms with van der Waals surface area (Å²) in [5, 5.41) is 5.36. The first-order chi connectivity index (χ1) is 15.4. The maximum atomic E-state index is 13.5. The van der Waals surface area contributed by atoms with E-state index < -0.39 is 0 Å². The Bertz CT molecular complexity index is 1050. The summed E-state index contributed by atoms with van der Waals surface area (Å²) in [5.41, 5.74) is 2.44. The monoisotopic (exact) mass is 435 g/mol. The number of carbonyl (C=O) groups is 1. The normalized spacial score (nSPS) is 15.1. The molecule has 1 fully saturated rings. The first kappa shape index (κ1) is 22.3. The number of pyridine rings is 1. The van der Waals surface area contributed by atoms with E-state index in [1.165, 1.54) is 0 Å². The molecule has 0 spiro atoms. The Morgan fingerprint density at radius 3 is 2.44 bits per heavy atom. The summed E-state index contributed by atoms with van der Waals surface area (Å²) < 4.78 is 7.72. The van der Waals surface area contributed by atoms with E-state index in [2.05, 4.69) is 37.7 Å². The number of hydrogen-bond donors (Lipinski definition) is 0. The number of fused-ring (bicyclic) bond motifs is 1. The van der Waals surface area contributed by atoms with Gasteiger partial charge in [-0.3, -0.25) is 9.69 Å². The van der Waals surface area contributed by atoms with Crippen molar-refractivity contribution >= 4 is 16.9 Å². The van der Waals surface area contributed by atoms with E-state index in [0.717, 1.165) is 42.1 Å². The Labute approximate surface area is 190 Å². The lowest BCUT2D eigenvalue weighted by molar-refractivity contribution is 0.0622. The second-order valence-electron chi connectivity index (χ2n) is 8.96. The summed E-state index contributed by atoms with van der Waals surface area (Å²) in [6.07, 6.45) is 1.79. The van der Waals surface area contributed by atoms with E-state index in [4.69, 9.17) is 9.72 Å². The van der Waals surface area contributed by atoms with Crippen LogP contribution in [0.1, 0.15) is 55.7 Å². The number of carbonyl (C=O) groups excluding carboxylic acids is 1. The minimum Gasteiger partial charge on any atom is -0.492 e. The van der Waals surface area contributed by atoms with Crippen LogP contribution in [0.4, 0.5) is 0 Å². The zero-order valence-corrected chi connectivity index (χ0v) is 19.5. The summed E-state index contributed by atoms with van der Waals surface area (Å²) in [6.45, 7) is 13.0. The molecule has 3 heterocycles. The topological polar surface area (TPSA) is 63.5 Å². The van der Waals surface area contributed by atoms with Crippen molar-refractivity contribution in [2.24, 2.45) is 0 Å². The van der Waals surface area contributed by atoms with Crippen molar-refractivity contribution in [2.75, 3.05) is 39.3 Å². The fourth-order valence-electron chi connectivity index (χ4n) is 4.04. The molecule has 1 saturated heterocycles. The maximum absolute atomic E-state index is 13.5. The van der Waals surface area contributed by atoms with E-state index in [1.54, 1.807) is 6.20 Å². The van der Waals surface area contributed by atoms with Gasteiger partial charge in [-0.15, -0.1) is 0 Å². The van der Waals surface area contributed by atoms with Crippen molar-refractivity contribution in [1.82, 2.24) is 24.6 Å². The predicted molar refractivity (Wildman–Crippen MR) is 126 cm³/mol. The van der Waals surface area contributed by atoms with Crippen molar-refractivity contribution in [3.63, 3.8) is 0 Å². The van der Waals surface area contributed by atoms with Crippen LogP contribution in [0.3, 0.4) is 0 Å². The van der Waals surface area contributed by atoms with Crippen molar-refractivity contribution in [3.05, 3.63) is 53.9 Å². The van der Waals surface area contributed by atoms with Gasteiger partial charge >= 0.3 is 0 Å². The Morgan fingerprint density at radius 2 is 1.78 bits per heavy atom. The molecule has 0 unspecified atom stereocenters. The van der Waals surface area contributed by atoms with Gasteiger partial charge in [-0.25, -0.2) is 9.67 Å². The number of hydrogen-bond acceptors (Lipinski definition) is 5. The van der Waals surface area contributed by atoms with Gasteiger partial charge in [-0.05, 0) is 38.0 Å². The lowest BCUT2D eigenvalue weighted by Crippen LogP contribution is -2.49. The highest BCUT2D eigenvalue weighted by Crippen LogP contribution is 2.25. The summed E-state index contributed by atoms with van der Waals surface area (Å²) in [5.74, 6) is 1.21. The highest BCUT2D eigenvalue weighted by molar-refractivity contribution is 6.05. The van der Waals surface area contributed by atoms with E-state index in [0.29, 0.717) is 25.3 Å². The fourth-order valence-corrected chi connectivity index (χ4v) is 4.04. The van der Waals surface area contributed by atoms with Gasteiger partial charge in [0.1, 0.15) is 12.4 Å². The number of piperazine rings is 1. The largest absolute Gasteiger partial charge is 0.492 e. The first-order valence-electron chi connectivity index (χ1n) is 11.5. The van der Waals surface area contributed by atoms with Crippen LogP contribution in [-0.2, 0) is 0 Å². The smallest absolute Gasteiger partial charge is 0.254 e. The Kier molecular flexibility index (Phi) is 6.74. The van der Waals surface area contributed by atoms with Crippen LogP contribution in [0.5, 0.6) is 5.75 Å². The van der Waals surface area contributed by atoms with Crippen LogP contribution in [0.2, 0.25) is 0 Å². The molecule has 0 aliphatic carbocycles. The van der Waals surface area contributed by atoms with E-state index in [-0.39, 0.29) is 17.9 Å². The minimum atomic E-state index is 0.0720. The van der Waals surface area contributed by atoms with Crippen molar-refractivity contribution in [3.8, 4) is 5.75 Å². The van der Waals surface area contributed by atoms with Gasteiger partial charge in [0.05, 0.1) is 17.1 Å². The Morgan fingerprint density at radius 1 is 1.06 bits per heavy atom. The van der Waals surface area contributed by atoms with Crippen LogP contribution in [0.15, 0.2) is 42.6 Å². The molecule has 4 rings (SSSR count). The molecule has 0 saturated carbocycles. The van der Waals surface area contributed by atoms with Crippen LogP contribution in [0, 0.1) is 0 Å². The second-order valence-corrected chi connectivity index (χ2v) is 8.96. The van der Waals surface area contributed by atoms with Gasteiger partial charge in [0, 0.05) is 44.5 Å². The lowest BCUT2D eigenvalue weighted by Gasteiger charge is -2.34. The molecule has 1 amide bonds. The lowest BCUT2D eigenvalue weighted by atomic mass is 10.0. The van der Waals surface area contributed by atoms with Gasteiger partial charge in [-0.1, -0.05) is 32.0 Å². The number of ether oxygens (including phenoxy) is 1. The zero-order chi connectivity index (χ0) is 22.7. The number of benzene rings is 1. The molecule has 1 aliphatic heterocycles. The standard InChI is InChI=1S/C25H33N5O2/c1-18(2)23-16-21(22-17-26-30(19(3)4)24(22)27-23)25(31)29-12-10-28(11-13-29)14-15-32-20-8-6-5-7-9-20/h5-9,16-19H,10-15H2,1-4H3. The summed E-state index contributed by atoms with van der Waals surface area (Å²) in [6, 6.07) is 12.0. The van der Waals surface area contributed by atoms with E-state index >= 15 is 0 Å². The summed E-state index contributed by atoms with van der Waals surface area (Å²) >= 11 is 0. The number of nitrogens with zero attached hydrogens (tertiary/aromatic N) is 5. The van der Waals surface area contributed by atoms with E-state index in [9.17, 15) is 4.79 Å². The summed E-state index contributed by atoms with van der Waals surface area (Å²) in [7, 11) is 0.